The number of rotatable bonds is 7. The summed E-state index contributed by atoms with van der Waals surface area (Å²) in [4.78, 5) is 31.0. The van der Waals surface area contributed by atoms with Crippen molar-refractivity contribution in [3.63, 3.8) is 0 Å². The molecule has 0 aliphatic carbocycles. The molecule has 0 bridgehead atoms. The van der Waals surface area contributed by atoms with E-state index in [0.29, 0.717) is 23.5 Å². The highest BCUT2D eigenvalue weighted by Gasteiger charge is 2.26. The number of aromatic nitrogens is 2. The monoisotopic (exact) mass is 431 g/mol. The molecule has 2 aliphatic heterocycles. The zero-order chi connectivity index (χ0) is 20.2. The molecule has 4 rings (SSSR count). The quantitative estimate of drug-likeness (QED) is 0.537. The van der Waals surface area contributed by atoms with Crippen LogP contribution in [0.25, 0.3) is 0 Å². The van der Waals surface area contributed by atoms with Crippen molar-refractivity contribution < 1.29 is 9.53 Å². The first kappa shape index (κ1) is 20.5. The maximum atomic E-state index is 13.1. The first-order valence-electron chi connectivity index (χ1n) is 9.95. The van der Waals surface area contributed by atoms with Gasteiger partial charge in [0.05, 0.1) is 29.0 Å². The van der Waals surface area contributed by atoms with Gasteiger partial charge < -0.3 is 10.1 Å². The second kappa shape index (κ2) is 9.36. The molecule has 1 N–H and O–H groups in total. The molecule has 1 aromatic carbocycles. The van der Waals surface area contributed by atoms with Crippen LogP contribution >= 0.6 is 23.5 Å². The van der Waals surface area contributed by atoms with Gasteiger partial charge in [0.1, 0.15) is 0 Å². The van der Waals surface area contributed by atoms with Gasteiger partial charge in [0.15, 0.2) is 5.16 Å². The summed E-state index contributed by atoms with van der Waals surface area (Å²) in [7, 11) is 0. The first-order chi connectivity index (χ1) is 14.1. The summed E-state index contributed by atoms with van der Waals surface area (Å²) in [5.74, 6) is 0.171. The van der Waals surface area contributed by atoms with Crippen LogP contribution in [0.15, 0.2) is 45.2 Å². The van der Waals surface area contributed by atoms with Crippen LogP contribution in [0.4, 0.5) is 0 Å². The van der Waals surface area contributed by atoms with Crippen molar-refractivity contribution in [2.24, 2.45) is 0 Å². The highest BCUT2D eigenvalue weighted by molar-refractivity contribution is 8.00. The Morgan fingerprint density at radius 3 is 2.97 bits per heavy atom. The Balaban J connectivity index is 1.50. The number of benzene rings is 1. The van der Waals surface area contributed by atoms with Crippen LogP contribution in [0.1, 0.15) is 31.0 Å². The van der Waals surface area contributed by atoms with Gasteiger partial charge in [0.25, 0.3) is 5.56 Å². The standard InChI is InChI=1S/C21H25N3O3S2/c1-14-10-17-19(29-14)20(26)24(12-15-6-3-2-4-7-15)21(23-17)28-13-18(25)22-11-16-8-5-9-27-16/h2-4,6-7,14,16H,5,8-13H2,1H3,(H,22,25)/t14-,16-/m1/s1. The number of thioether (sulfide) groups is 2. The summed E-state index contributed by atoms with van der Waals surface area (Å²) < 4.78 is 7.25. The van der Waals surface area contributed by atoms with Gasteiger partial charge in [0, 0.05) is 24.8 Å². The number of fused-ring (bicyclic) bond motifs is 1. The minimum atomic E-state index is -0.0609. The molecule has 6 nitrogen and oxygen atoms in total. The molecule has 0 unspecified atom stereocenters. The average molecular weight is 432 g/mol. The van der Waals surface area contributed by atoms with E-state index in [2.05, 4.69) is 12.2 Å². The molecular formula is C21H25N3O3S2. The third kappa shape index (κ3) is 5.05. The van der Waals surface area contributed by atoms with E-state index < -0.39 is 0 Å². The predicted octanol–water partition coefficient (Wildman–Crippen LogP) is 2.72. The number of carbonyl (C=O) groups excluding carboxylic acids is 1. The molecule has 1 aromatic heterocycles. The van der Waals surface area contributed by atoms with Crippen LogP contribution in [0.3, 0.4) is 0 Å². The molecule has 2 aliphatic rings. The van der Waals surface area contributed by atoms with Gasteiger partial charge in [-0.05, 0) is 18.4 Å². The number of carbonyl (C=O) groups is 1. The summed E-state index contributed by atoms with van der Waals surface area (Å²) in [6.45, 7) is 3.88. The topological polar surface area (TPSA) is 73.2 Å². The van der Waals surface area contributed by atoms with Crippen molar-refractivity contribution in [3.05, 3.63) is 51.9 Å². The van der Waals surface area contributed by atoms with Gasteiger partial charge in [0.2, 0.25) is 5.91 Å². The summed E-state index contributed by atoms with van der Waals surface area (Å²) in [6, 6.07) is 9.88. The molecule has 8 heteroatoms. The van der Waals surface area contributed by atoms with Crippen LogP contribution in [-0.4, -0.2) is 45.7 Å². The predicted molar refractivity (Wildman–Crippen MR) is 116 cm³/mol. The Hall–Kier alpha value is -1.77. The zero-order valence-corrected chi connectivity index (χ0v) is 18.1. The van der Waals surface area contributed by atoms with Gasteiger partial charge >= 0.3 is 0 Å². The zero-order valence-electron chi connectivity index (χ0n) is 16.4. The summed E-state index contributed by atoms with van der Waals surface area (Å²) in [6.07, 6.45) is 2.96. The number of hydrogen-bond acceptors (Lipinski definition) is 6. The number of amides is 1. The fourth-order valence-electron chi connectivity index (χ4n) is 3.56. The van der Waals surface area contributed by atoms with Crippen LogP contribution in [0.2, 0.25) is 0 Å². The van der Waals surface area contributed by atoms with E-state index in [-0.39, 0.29) is 23.3 Å². The largest absolute Gasteiger partial charge is 0.376 e. The molecule has 154 valence electrons. The minimum Gasteiger partial charge on any atom is -0.376 e. The second-order valence-corrected chi connectivity index (χ2v) is 9.80. The molecule has 1 amide bonds. The van der Waals surface area contributed by atoms with E-state index in [1.807, 2.05) is 30.3 Å². The Labute approximate surface area is 178 Å². The highest BCUT2D eigenvalue weighted by atomic mass is 32.2. The van der Waals surface area contributed by atoms with Crippen molar-refractivity contribution in [2.45, 2.75) is 54.1 Å². The maximum Gasteiger partial charge on any atom is 0.268 e. The number of ether oxygens (including phenoxy) is 1. The van der Waals surface area contributed by atoms with E-state index in [1.165, 1.54) is 11.8 Å². The molecule has 0 radical (unpaired) electrons. The minimum absolute atomic E-state index is 0.00420. The third-order valence-corrected chi connectivity index (χ3v) is 7.22. The van der Waals surface area contributed by atoms with E-state index in [1.54, 1.807) is 16.3 Å². The lowest BCUT2D eigenvalue weighted by Gasteiger charge is -2.14. The van der Waals surface area contributed by atoms with Gasteiger partial charge in [-0.1, -0.05) is 49.0 Å². The SMILES string of the molecule is C[C@@H]1Cc2nc(SCC(=O)NC[C@H]3CCCO3)n(Cc3ccccc3)c(=O)c2S1. The van der Waals surface area contributed by atoms with Gasteiger partial charge in [-0.3, -0.25) is 14.2 Å². The average Bonchev–Trinajstić information content (AvgIpc) is 3.37. The number of hydrogen-bond donors (Lipinski definition) is 1. The highest BCUT2D eigenvalue weighted by Crippen LogP contribution is 2.34. The second-order valence-electron chi connectivity index (χ2n) is 7.41. The number of nitrogens with zero attached hydrogens (tertiary/aromatic N) is 2. The lowest BCUT2D eigenvalue weighted by Crippen LogP contribution is -2.33. The Morgan fingerprint density at radius 1 is 1.38 bits per heavy atom. The molecule has 2 aromatic rings. The normalized spacial score (nSPS) is 20.6. The molecule has 3 heterocycles. The van der Waals surface area contributed by atoms with E-state index in [9.17, 15) is 9.59 Å². The van der Waals surface area contributed by atoms with Gasteiger partial charge in [-0.15, -0.1) is 11.8 Å². The summed E-state index contributed by atoms with van der Waals surface area (Å²) in [5.41, 5.74) is 1.90. The molecule has 0 spiro atoms. The van der Waals surface area contributed by atoms with Crippen LogP contribution in [0.5, 0.6) is 0 Å². The van der Waals surface area contributed by atoms with Crippen molar-refractivity contribution in [3.8, 4) is 0 Å². The molecule has 29 heavy (non-hydrogen) atoms. The molecule has 1 fully saturated rings. The lowest BCUT2D eigenvalue weighted by molar-refractivity contribution is -0.119. The van der Waals surface area contributed by atoms with E-state index in [0.717, 1.165) is 42.0 Å². The summed E-state index contributed by atoms with van der Waals surface area (Å²) >= 11 is 2.93. The third-order valence-electron chi connectivity index (χ3n) is 5.03. The Bertz CT molecular complexity index is 927. The fraction of sp³-hybridized carbons (Fsp3) is 0.476. The van der Waals surface area contributed by atoms with Gasteiger partial charge in [-0.25, -0.2) is 4.98 Å². The Kier molecular flexibility index (Phi) is 6.62. The summed E-state index contributed by atoms with van der Waals surface area (Å²) in [5, 5.41) is 3.90. The van der Waals surface area contributed by atoms with E-state index in [4.69, 9.17) is 9.72 Å². The van der Waals surface area contributed by atoms with Gasteiger partial charge in [-0.2, -0.15) is 0 Å². The van der Waals surface area contributed by atoms with Crippen LogP contribution in [-0.2, 0) is 22.5 Å². The van der Waals surface area contributed by atoms with Crippen LogP contribution < -0.4 is 10.9 Å². The molecular weight excluding hydrogens is 406 g/mol. The first-order valence-corrected chi connectivity index (χ1v) is 11.8. The van der Waals surface area contributed by atoms with Crippen molar-refractivity contribution >= 4 is 29.4 Å². The molecule has 0 saturated carbocycles. The van der Waals surface area contributed by atoms with Crippen molar-refractivity contribution in [2.75, 3.05) is 18.9 Å². The van der Waals surface area contributed by atoms with Crippen LogP contribution in [0, 0.1) is 0 Å². The Morgan fingerprint density at radius 2 is 2.21 bits per heavy atom. The number of nitrogens with one attached hydrogen (secondary N) is 1. The smallest absolute Gasteiger partial charge is 0.268 e. The maximum absolute atomic E-state index is 13.1. The molecule has 1 saturated heterocycles. The van der Waals surface area contributed by atoms with Crippen molar-refractivity contribution in [1.29, 1.82) is 0 Å². The van der Waals surface area contributed by atoms with Crippen molar-refractivity contribution in [1.82, 2.24) is 14.9 Å². The van der Waals surface area contributed by atoms with E-state index >= 15 is 0 Å². The molecule has 2 atom stereocenters. The fourth-order valence-corrected chi connectivity index (χ4v) is 5.52. The lowest BCUT2D eigenvalue weighted by atomic mass is 10.2.